The SMILES string of the molecule is Cn1c(Nc2cc(C3CC3)nn(CCOCc3ccccc3)c2=O)nc2ncc(Oc3cnn4ccccc34)c(Cl)c21. The average Bonchev–Trinajstić information content (AvgIpc) is 3.71. The van der Waals surface area contributed by atoms with Crippen LogP contribution >= 0.6 is 11.6 Å². The highest BCUT2D eigenvalue weighted by molar-refractivity contribution is 6.36. The highest BCUT2D eigenvalue weighted by atomic mass is 35.5. The molecular formula is C30H27ClN8O3. The van der Waals surface area contributed by atoms with Crippen molar-refractivity contribution in [3.05, 3.63) is 99.8 Å². The number of hydrogen-bond donors (Lipinski definition) is 1. The summed E-state index contributed by atoms with van der Waals surface area (Å²) in [6, 6.07) is 17.4. The van der Waals surface area contributed by atoms with Crippen LogP contribution in [0.1, 0.15) is 30.0 Å². The molecule has 1 aromatic carbocycles. The summed E-state index contributed by atoms with van der Waals surface area (Å²) in [5.41, 5.74) is 3.86. The summed E-state index contributed by atoms with van der Waals surface area (Å²) in [5, 5.41) is 12.5. The number of aromatic nitrogens is 7. The molecule has 1 saturated carbocycles. The first-order valence-corrected chi connectivity index (χ1v) is 14.0. The lowest BCUT2D eigenvalue weighted by atomic mass is 10.2. The quantitative estimate of drug-likeness (QED) is 0.212. The van der Waals surface area contributed by atoms with Crippen molar-refractivity contribution in [2.75, 3.05) is 11.9 Å². The van der Waals surface area contributed by atoms with E-state index < -0.39 is 0 Å². The predicted octanol–water partition coefficient (Wildman–Crippen LogP) is 5.46. The molecule has 12 heteroatoms. The lowest BCUT2D eigenvalue weighted by Crippen LogP contribution is -2.28. The van der Waals surface area contributed by atoms with Gasteiger partial charge < -0.3 is 19.4 Å². The maximum absolute atomic E-state index is 13.4. The van der Waals surface area contributed by atoms with Crippen LogP contribution in [0.2, 0.25) is 5.02 Å². The normalized spacial score (nSPS) is 13.2. The van der Waals surface area contributed by atoms with E-state index in [1.54, 1.807) is 15.3 Å². The van der Waals surface area contributed by atoms with Gasteiger partial charge in [-0.25, -0.2) is 14.2 Å². The molecule has 6 aromatic rings. The topological polar surface area (TPSA) is 113 Å². The summed E-state index contributed by atoms with van der Waals surface area (Å²) < 4.78 is 16.9. The fourth-order valence-corrected chi connectivity index (χ4v) is 5.12. The highest BCUT2D eigenvalue weighted by Crippen LogP contribution is 2.40. The number of halogens is 1. The Morgan fingerprint density at radius 2 is 1.90 bits per heavy atom. The van der Waals surface area contributed by atoms with E-state index in [1.165, 1.54) is 10.9 Å². The largest absolute Gasteiger partial charge is 0.450 e. The maximum Gasteiger partial charge on any atom is 0.290 e. The smallest absolute Gasteiger partial charge is 0.290 e. The maximum atomic E-state index is 13.4. The molecule has 0 amide bonds. The first kappa shape index (κ1) is 26.2. The molecule has 11 nitrogen and oxygen atoms in total. The number of rotatable bonds is 10. The summed E-state index contributed by atoms with van der Waals surface area (Å²) in [6.45, 7) is 1.16. The molecule has 0 bridgehead atoms. The van der Waals surface area contributed by atoms with E-state index in [0.717, 1.165) is 29.6 Å². The van der Waals surface area contributed by atoms with Crippen LogP contribution in [0.4, 0.5) is 11.6 Å². The molecular weight excluding hydrogens is 556 g/mol. The number of aryl methyl sites for hydroxylation is 1. The van der Waals surface area contributed by atoms with Gasteiger partial charge in [-0.3, -0.25) is 4.79 Å². The standard InChI is InChI=1S/C30H27ClN8O3/c1-37-27-26(31)25(42-24-17-33-38-12-6-5-9-23(24)38)16-32-28(27)35-30(37)34-22-15-21(20-10-11-20)36-39(29(22)40)13-14-41-18-19-7-3-2-4-8-19/h2-9,12,15-17,20H,10-11,13-14,18H2,1H3,(H,32,34,35). The molecule has 42 heavy (non-hydrogen) atoms. The van der Waals surface area contributed by atoms with Gasteiger partial charge in [0.1, 0.15) is 21.7 Å². The number of pyridine rings is 2. The Morgan fingerprint density at radius 3 is 2.74 bits per heavy atom. The van der Waals surface area contributed by atoms with E-state index in [9.17, 15) is 4.79 Å². The van der Waals surface area contributed by atoms with E-state index >= 15 is 0 Å². The number of imidazole rings is 1. The number of hydrogen-bond acceptors (Lipinski definition) is 8. The fourth-order valence-electron chi connectivity index (χ4n) is 4.82. The summed E-state index contributed by atoms with van der Waals surface area (Å²) in [5.74, 6) is 1.69. The number of benzene rings is 1. The summed E-state index contributed by atoms with van der Waals surface area (Å²) in [6.07, 6.45) is 7.11. The van der Waals surface area contributed by atoms with Crippen LogP contribution < -0.4 is 15.6 Å². The number of anilines is 2. The molecule has 0 atom stereocenters. The lowest BCUT2D eigenvalue weighted by molar-refractivity contribution is 0.109. The minimum Gasteiger partial charge on any atom is -0.450 e. The average molecular weight is 583 g/mol. The second-order valence-electron chi connectivity index (χ2n) is 10.2. The summed E-state index contributed by atoms with van der Waals surface area (Å²) in [4.78, 5) is 22.5. The van der Waals surface area contributed by atoms with Crippen LogP contribution in [0.25, 0.3) is 16.7 Å². The van der Waals surface area contributed by atoms with Crippen molar-refractivity contribution >= 4 is 39.9 Å². The van der Waals surface area contributed by atoms with Gasteiger partial charge in [0.25, 0.3) is 5.56 Å². The zero-order valence-electron chi connectivity index (χ0n) is 22.8. The minimum atomic E-state index is -0.258. The molecule has 0 aliphatic heterocycles. The molecule has 0 unspecified atom stereocenters. The Morgan fingerprint density at radius 1 is 1.07 bits per heavy atom. The van der Waals surface area contributed by atoms with E-state index in [0.29, 0.717) is 65.0 Å². The van der Waals surface area contributed by atoms with Crippen molar-refractivity contribution in [1.29, 1.82) is 0 Å². The van der Waals surface area contributed by atoms with Crippen LogP contribution in [-0.4, -0.2) is 40.5 Å². The van der Waals surface area contributed by atoms with Gasteiger partial charge in [-0.15, -0.1) is 0 Å². The predicted molar refractivity (Wildman–Crippen MR) is 159 cm³/mol. The van der Waals surface area contributed by atoms with Gasteiger partial charge in [0.05, 0.1) is 37.8 Å². The van der Waals surface area contributed by atoms with Crippen molar-refractivity contribution in [1.82, 2.24) is 33.9 Å². The number of fused-ring (bicyclic) bond motifs is 2. The Hall–Kier alpha value is -4.74. The summed E-state index contributed by atoms with van der Waals surface area (Å²) >= 11 is 6.81. The molecule has 1 N–H and O–H groups in total. The van der Waals surface area contributed by atoms with Crippen LogP contribution in [0.3, 0.4) is 0 Å². The fraction of sp³-hybridized carbons (Fsp3) is 0.233. The molecule has 1 fully saturated rings. The van der Waals surface area contributed by atoms with Gasteiger partial charge in [-0.1, -0.05) is 48.0 Å². The zero-order chi connectivity index (χ0) is 28.6. The number of nitrogens with one attached hydrogen (secondary N) is 1. The lowest BCUT2D eigenvalue weighted by Gasteiger charge is -2.12. The third kappa shape index (κ3) is 5.08. The first-order chi connectivity index (χ1) is 20.5. The first-order valence-electron chi connectivity index (χ1n) is 13.7. The Balaban J connectivity index is 1.14. The van der Waals surface area contributed by atoms with E-state index in [4.69, 9.17) is 21.1 Å². The van der Waals surface area contributed by atoms with Crippen LogP contribution in [0, 0.1) is 0 Å². The van der Waals surface area contributed by atoms with Crippen molar-refractivity contribution < 1.29 is 9.47 Å². The van der Waals surface area contributed by atoms with Gasteiger partial charge in [-0.05, 0) is 36.6 Å². The molecule has 1 aliphatic carbocycles. The third-order valence-electron chi connectivity index (χ3n) is 7.21. The van der Waals surface area contributed by atoms with Gasteiger partial charge in [0, 0.05) is 19.2 Å². The van der Waals surface area contributed by atoms with E-state index in [-0.39, 0.29) is 5.56 Å². The molecule has 1 aliphatic rings. The molecule has 212 valence electrons. The van der Waals surface area contributed by atoms with Crippen LogP contribution in [0.5, 0.6) is 11.5 Å². The second-order valence-corrected chi connectivity index (χ2v) is 10.6. The summed E-state index contributed by atoms with van der Waals surface area (Å²) in [7, 11) is 1.81. The van der Waals surface area contributed by atoms with Crippen molar-refractivity contribution in [3.63, 3.8) is 0 Å². The monoisotopic (exact) mass is 582 g/mol. The molecule has 5 heterocycles. The molecule has 0 radical (unpaired) electrons. The molecule has 0 spiro atoms. The van der Waals surface area contributed by atoms with Crippen molar-refractivity contribution in [2.24, 2.45) is 7.05 Å². The third-order valence-corrected chi connectivity index (χ3v) is 7.58. The van der Waals surface area contributed by atoms with Crippen molar-refractivity contribution in [2.45, 2.75) is 31.9 Å². The van der Waals surface area contributed by atoms with Crippen LogP contribution in [-0.2, 0) is 24.9 Å². The molecule has 7 rings (SSSR count). The zero-order valence-corrected chi connectivity index (χ0v) is 23.5. The van der Waals surface area contributed by atoms with Gasteiger partial charge in [0.15, 0.2) is 17.1 Å². The van der Waals surface area contributed by atoms with E-state index in [2.05, 4.69) is 25.5 Å². The Labute approximate surface area is 245 Å². The molecule has 0 saturated heterocycles. The van der Waals surface area contributed by atoms with Gasteiger partial charge >= 0.3 is 0 Å². The second kappa shape index (κ2) is 10.9. The minimum absolute atomic E-state index is 0.258. The Bertz CT molecular complexity index is 1960. The number of nitrogens with zero attached hydrogens (tertiary/aromatic N) is 7. The van der Waals surface area contributed by atoms with Gasteiger partial charge in [0.2, 0.25) is 5.95 Å². The molecule has 5 aromatic heterocycles. The Kier molecular flexibility index (Phi) is 6.80. The van der Waals surface area contributed by atoms with Crippen LogP contribution in [0.15, 0.2) is 78.0 Å². The number of ether oxygens (including phenoxy) is 2. The van der Waals surface area contributed by atoms with Gasteiger partial charge in [-0.2, -0.15) is 15.2 Å². The van der Waals surface area contributed by atoms with Crippen molar-refractivity contribution in [3.8, 4) is 11.5 Å². The highest BCUT2D eigenvalue weighted by Gasteiger charge is 2.27. The van der Waals surface area contributed by atoms with E-state index in [1.807, 2.05) is 67.8 Å².